The second-order valence-electron chi connectivity index (χ2n) is 2.43. The number of hydrogen-bond donors (Lipinski definition) is 2. The molecular weight excluding hydrogens is 257 g/mol. The average Bonchev–Trinajstić information content (AvgIpc) is 2.15. The number of aliphatic imine (C=N–C) groups is 1. The Morgan fingerprint density at radius 2 is 2.21 bits per heavy atom. The first kappa shape index (κ1) is 10.7. The van der Waals surface area contributed by atoms with Crippen LogP contribution >= 0.6 is 15.9 Å². The first-order valence-corrected chi connectivity index (χ1v) is 4.29. The largest absolute Gasteiger partial charge is 0.504 e. The minimum atomic E-state index is -0.765. The lowest BCUT2D eigenvalue weighted by Crippen LogP contribution is -1.91. The van der Waals surface area contributed by atoms with Crippen molar-refractivity contribution in [2.24, 2.45) is 4.99 Å². The maximum Gasteiger partial charge on any atom is 0.235 e. The maximum absolute atomic E-state index is 13.3. The summed E-state index contributed by atoms with van der Waals surface area (Å²) >= 11 is 2.84. The number of phenols is 2. The molecule has 0 heterocycles. The van der Waals surface area contributed by atoms with Gasteiger partial charge in [-0.1, -0.05) is 0 Å². The fourth-order valence-corrected chi connectivity index (χ4v) is 1.37. The van der Waals surface area contributed by atoms with Gasteiger partial charge in [-0.3, -0.25) is 0 Å². The number of halogens is 2. The van der Waals surface area contributed by atoms with Crippen LogP contribution in [0.3, 0.4) is 0 Å². The lowest BCUT2D eigenvalue weighted by Gasteiger charge is -2.06. The summed E-state index contributed by atoms with van der Waals surface area (Å²) in [7, 11) is 0. The van der Waals surface area contributed by atoms with Gasteiger partial charge in [0.1, 0.15) is 5.82 Å². The van der Waals surface area contributed by atoms with E-state index in [-0.39, 0.29) is 16.6 Å². The second-order valence-corrected chi connectivity index (χ2v) is 3.28. The van der Waals surface area contributed by atoms with Crippen LogP contribution in [0.25, 0.3) is 0 Å². The molecule has 0 spiro atoms. The molecule has 74 valence electrons. The molecule has 1 aromatic rings. The quantitative estimate of drug-likeness (QED) is 0.485. The van der Waals surface area contributed by atoms with Gasteiger partial charge in [0.2, 0.25) is 6.08 Å². The minimum Gasteiger partial charge on any atom is -0.504 e. The van der Waals surface area contributed by atoms with E-state index in [0.717, 1.165) is 6.07 Å². The van der Waals surface area contributed by atoms with Crippen LogP contribution < -0.4 is 0 Å². The normalized spacial score (nSPS) is 9.57. The molecule has 0 aliphatic rings. The van der Waals surface area contributed by atoms with E-state index >= 15 is 0 Å². The molecule has 2 N–H and O–H groups in total. The zero-order chi connectivity index (χ0) is 10.7. The number of hydrogen-bond acceptors (Lipinski definition) is 4. The van der Waals surface area contributed by atoms with Gasteiger partial charge < -0.3 is 10.2 Å². The Hall–Kier alpha value is -1.39. The van der Waals surface area contributed by atoms with Crippen molar-refractivity contribution < 1.29 is 19.4 Å². The van der Waals surface area contributed by atoms with E-state index in [0.29, 0.717) is 0 Å². The Morgan fingerprint density at radius 1 is 1.57 bits per heavy atom. The Bertz CT molecular complexity index is 389. The lowest BCUT2D eigenvalue weighted by atomic mass is 10.1. The Balaban J connectivity index is 3.31. The third-order valence-corrected chi connectivity index (χ3v) is 2.15. The van der Waals surface area contributed by atoms with Crippen molar-refractivity contribution in [3.63, 3.8) is 0 Å². The molecule has 1 aromatic carbocycles. The summed E-state index contributed by atoms with van der Waals surface area (Å²) < 4.78 is 13.2. The fourth-order valence-electron chi connectivity index (χ4n) is 0.910. The van der Waals surface area contributed by atoms with Crippen LogP contribution in [-0.2, 0) is 11.3 Å². The zero-order valence-corrected chi connectivity index (χ0v) is 8.38. The van der Waals surface area contributed by atoms with Crippen molar-refractivity contribution in [3.05, 3.63) is 21.9 Å². The number of isocyanates is 1. The molecule has 0 aliphatic carbocycles. The smallest absolute Gasteiger partial charge is 0.235 e. The van der Waals surface area contributed by atoms with Crippen LogP contribution in [-0.4, -0.2) is 16.3 Å². The minimum absolute atomic E-state index is 0.0103. The molecule has 0 aromatic heterocycles. The van der Waals surface area contributed by atoms with Crippen molar-refractivity contribution in [3.8, 4) is 11.5 Å². The van der Waals surface area contributed by atoms with E-state index in [2.05, 4.69) is 20.9 Å². The number of carbonyl (C=O) groups excluding carboxylic acids is 1. The van der Waals surface area contributed by atoms with Crippen LogP contribution in [0, 0.1) is 5.82 Å². The van der Waals surface area contributed by atoms with E-state index in [1.165, 1.54) is 6.08 Å². The summed E-state index contributed by atoms with van der Waals surface area (Å²) in [6, 6.07) is 1.01. The SMILES string of the molecule is O=C=NCc1c(O)c(O)cc(Br)c1F. The van der Waals surface area contributed by atoms with E-state index < -0.39 is 17.3 Å². The molecule has 0 saturated carbocycles. The summed E-state index contributed by atoms with van der Waals surface area (Å²) in [5, 5.41) is 18.3. The van der Waals surface area contributed by atoms with Gasteiger partial charge in [0.25, 0.3) is 0 Å². The number of nitrogens with zero attached hydrogens (tertiary/aromatic N) is 1. The molecule has 0 bridgehead atoms. The Labute approximate surface area is 86.8 Å². The van der Waals surface area contributed by atoms with Crippen molar-refractivity contribution in [2.45, 2.75) is 6.54 Å². The molecule has 0 fully saturated rings. The predicted molar refractivity (Wildman–Crippen MR) is 49.3 cm³/mol. The summed E-state index contributed by atoms with van der Waals surface area (Å²) in [5.74, 6) is -1.86. The number of benzene rings is 1. The molecule has 0 amide bonds. The first-order chi connectivity index (χ1) is 6.57. The van der Waals surface area contributed by atoms with Crippen LogP contribution in [0.1, 0.15) is 5.56 Å². The molecule has 0 radical (unpaired) electrons. The predicted octanol–water partition coefficient (Wildman–Crippen LogP) is 1.84. The number of rotatable bonds is 2. The highest BCUT2D eigenvalue weighted by Crippen LogP contribution is 2.35. The van der Waals surface area contributed by atoms with E-state index in [9.17, 15) is 14.3 Å². The van der Waals surface area contributed by atoms with Crippen LogP contribution in [0.5, 0.6) is 11.5 Å². The molecule has 6 heteroatoms. The van der Waals surface area contributed by atoms with E-state index in [1.807, 2.05) is 0 Å². The molecule has 1 rings (SSSR count). The van der Waals surface area contributed by atoms with Crippen molar-refractivity contribution in [1.82, 2.24) is 0 Å². The highest BCUT2D eigenvalue weighted by Gasteiger charge is 2.15. The van der Waals surface area contributed by atoms with Gasteiger partial charge in [0, 0.05) is 6.07 Å². The third-order valence-electron chi connectivity index (χ3n) is 1.57. The summed E-state index contributed by atoms with van der Waals surface area (Å²) in [5.41, 5.74) is -0.250. The van der Waals surface area contributed by atoms with Crippen molar-refractivity contribution in [2.75, 3.05) is 0 Å². The summed E-state index contributed by atoms with van der Waals surface area (Å²) in [6.07, 6.45) is 1.21. The Kier molecular flexibility index (Phi) is 3.22. The van der Waals surface area contributed by atoms with Crippen LogP contribution in [0.2, 0.25) is 0 Å². The molecular formula is C8H5BrFNO3. The van der Waals surface area contributed by atoms with Gasteiger partial charge in [-0.2, -0.15) is 0 Å². The number of aromatic hydroxyl groups is 2. The van der Waals surface area contributed by atoms with E-state index in [4.69, 9.17) is 5.11 Å². The molecule has 0 saturated heterocycles. The summed E-state index contributed by atoms with van der Waals surface area (Å²) in [4.78, 5) is 12.9. The topological polar surface area (TPSA) is 69.9 Å². The number of phenolic OH excluding ortho intramolecular Hbond substituents is 2. The summed E-state index contributed by atoms with van der Waals surface area (Å²) in [6.45, 7) is -0.367. The lowest BCUT2D eigenvalue weighted by molar-refractivity contribution is 0.393. The van der Waals surface area contributed by atoms with Gasteiger partial charge in [-0.05, 0) is 15.9 Å². The highest BCUT2D eigenvalue weighted by atomic mass is 79.9. The van der Waals surface area contributed by atoms with Gasteiger partial charge in [-0.25, -0.2) is 14.2 Å². The van der Waals surface area contributed by atoms with E-state index in [1.54, 1.807) is 0 Å². The van der Waals surface area contributed by atoms with Crippen LogP contribution in [0.4, 0.5) is 4.39 Å². The standard InChI is InChI=1S/C8H5BrFNO3/c9-5-1-6(13)8(14)4(7(5)10)2-11-3-12/h1,13-14H,2H2. The molecule has 14 heavy (non-hydrogen) atoms. The van der Waals surface area contributed by atoms with Crippen molar-refractivity contribution in [1.29, 1.82) is 0 Å². The first-order valence-electron chi connectivity index (χ1n) is 3.50. The van der Waals surface area contributed by atoms with Gasteiger partial charge in [0.05, 0.1) is 16.6 Å². The Morgan fingerprint density at radius 3 is 2.79 bits per heavy atom. The zero-order valence-electron chi connectivity index (χ0n) is 6.79. The third kappa shape index (κ3) is 1.92. The maximum atomic E-state index is 13.3. The molecule has 0 aliphatic heterocycles. The van der Waals surface area contributed by atoms with Gasteiger partial charge >= 0.3 is 0 Å². The second kappa shape index (κ2) is 4.21. The molecule has 4 nitrogen and oxygen atoms in total. The van der Waals surface area contributed by atoms with Crippen molar-refractivity contribution >= 4 is 22.0 Å². The highest BCUT2D eigenvalue weighted by molar-refractivity contribution is 9.10. The van der Waals surface area contributed by atoms with Gasteiger partial charge in [0.15, 0.2) is 11.5 Å². The van der Waals surface area contributed by atoms with Crippen LogP contribution in [0.15, 0.2) is 15.5 Å². The monoisotopic (exact) mass is 261 g/mol. The molecule has 0 unspecified atom stereocenters. The average molecular weight is 262 g/mol. The fraction of sp³-hybridized carbons (Fsp3) is 0.125. The molecule has 0 atom stereocenters. The van der Waals surface area contributed by atoms with Gasteiger partial charge in [-0.15, -0.1) is 0 Å².